The van der Waals surface area contributed by atoms with Crippen molar-refractivity contribution < 1.29 is 14.4 Å². The Kier molecular flexibility index (Phi) is 5.48. The quantitative estimate of drug-likeness (QED) is 0.606. The molecule has 2 aromatic rings. The van der Waals surface area contributed by atoms with Crippen molar-refractivity contribution in [2.75, 3.05) is 23.3 Å². The highest BCUT2D eigenvalue weighted by molar-refractivity contribution is 6.47. The summed E-state index contributed by atoms with van der Waals surface area (Å²) in [6.07, 6.45) is 3.27. The van der Waals surface area contributed by atoms with Gasteiger partial charge in [0.1, 0.15) is 0 Å². The number of Topliss-reactive ketones (excluding diaryl/α,β-unsaturated/α-hetero) is 1. The lowest BCUT2D eigenvalue weighted by atomic mass is 10.1. The van der Waals surface area contributed by atoms with E-state index in [4.69, 9.17) is 5.73 Å². The van der Waals surface area contributed by atoms with E-state index >= 15 is 0 Å². The molecule has 3 N–H and O–H groups in total. The number of carbonyl (C=O) groups excluding carboxylic acids is 3. The summed E-state index contributed by atoms with van der Waals surface area (Å²) in [7, 11) is 1.72. The number of hydrogen-bond donors (Lipinski definition) is 2. The van der Waals surface area contributed by atoms with E-state index in [1.54, 1.807) is 37.7 Å². The molecule has 0 aliphatic carbocycles. The van der Waals surface area contributed by atoms with Crippen LogP contribution in [0.4, 0.5) is 11.4 Å². The molecule has 8 nitrogen and oxygen atoms in total. The summed E-state index contributed by atoms with van der Waals surface area (Å²) in [6, 6.07) is 4.94. The van der Waals surface area contributed by atoms with Crippen LogP contribution in [0.1, 0.15) is 51.4 Å². The number of nitrogens with zero attached hydrogens (tertiary/aromatic N) is 3. The lowest BCUT2D eigenvalue weighted by molar-refractivity contribution is -0.112. The van der Waals surface area contributed by atoms with Gasteiger partial charge >= 0.3 is 0 Å². The predicted molar refractivity (Wildman–Crippen MR) is 107 cm³/mol. The molecule has 28 heavy (non-hydrogen) atoms. The molecule has 1 saturated heterocycles. The van der Waals surface area contributed by atoms with Crippen LogP contribution in [0.5, 0.6) is 0 Å². The van der Waals surface area contributed by atoms with Crippen molar-refractivity contribution in [3.8, 4) is 0 Å². The predicted octanol–water partition coefficient (Wildman–Crippen LogP) is 1.95. The van der Waals surface area contributed by atoms with Crippen molar-refractivity contribution in [2.24, 2.45) is 12.8 Å². The van der Waals surface area contributed by atoms with Crippen LogP contribution in [0, 0.1) is 13.8 Å². The lowest BCUT2D eigenvalue weighted by Crippen LogP contribution is -2.31. The summed E-state index contributed by atoms with van der Waals surface area (Å²) in [5.74, 6) is -2.01. The molecule has 3 rings (SSSR count). The van der Waals surface area contributed by atoms with E-state index in [1.807, 2.05) is 0 Å². The van der Waals surface area contributed by atoms with Crippen molar-refractivity contribution in [1.29, 1.82) is 0 Å². The van der Waals surface area contributed by atoms with Crippen molar-refractivity contribution in [1.82, 2.24) is 9.78 Å². The standard InChI is InChI=1S/C20H25N5O3/c1-12-17(13(2)24(3)23-12)18(26)20(28)22-15-11-14(19(21)27)7-8-16(15)25-9-5-4-6-10-25/h7-8,11H,4-6,9-10H2,1-3H3,(H2,21,27)(H,22,28). The maximum atomic E-state index is 12.7. The van der Waals surface area contributed by atoms with Gasteiger partial charge in [-0.05, 0) is 51.3 Å². The fourth-order valence-corrected chi connectivity index (χ4v) is 3.59. The number of piperidine rings is 1. The third-order valence-corrected chi connectivity index (χ3v) is 5.17. The molecule has 0 spiro atoms. The molecule has 0 unspecified atom stereocenters. The molecule has 0 bridgehead atoms. The summed E-state index contributed by atoms with van der Waals surface area (Å²) >= 11 is 0. The fraction of sp³-hybridized carbons (Fsp3) is 0.400. The first kappa shape index (κ1) is 19.6. The van der Waals surface area contributed by atoms with Crippen LogP contribution in [0.15, 0.2) is 18.2 Å². The van der Waals surface area contributed by atoms with Crippen LogP contribution < -0.4 is 16.0 Å². The van der Waals surface area contributed by atoms with E-state index in [0.717, 1.165) is 38.0 Å². The number of anilines is 2. The highest BCUT2D eigenvalue weighted by Gasteiger charge is 2.25. The van der Waals surface area contributed by atoms with Gasteiger partial charge in [-0.25, -0.2) is 0 Å². The summed E-state index contributed by atoms with van der Waals surface area (Å²) in [5, 5.41) is 6.89. The van der Waals surface area contributed by atoms with Crippen LogP contribution in [-0.4, -0.2) is 40.5 Å². The Balaban J connectivity index is 1.92. The van der Waals surface area contributed by atoms with Crippen molar-refractivity contribution >= 4 is 29.0 Å². The number of hydrogen-bond acceptors (Lipinski definition) is 5. The molecule has 0 radical (unpaired) electrons. The smallest absolute Gasteiger partial charge is 0.296 e. The maximum Gasteiger partial charge on any atom is 0.296 e. The highest BCUT2D eigenvalue weighted by atomic mass is 16.2. The number of benzene rings is 1. The minimum Gasteiger partial charge on any atom is -0.370 e. The van der Waals surface area contributed by atoms with Gasteiger partial charge in [-0.15, -0.1) is 0 Å². The molecule has 2 heterocycles. The Labute approximate surface area is 163 Å². The second-order valence-electron chi connectivity index (χ2n) is 7.10. The van der Waals surface area contributed by atoms with Crippen molar-refractivity contribution in [3.63, 3.8) is 0 Å². The van der Waals surface area contributed by atoms with Crippen LogP contribution in [-0.2, 0) is 11.8 Å². The molecular formula is C20H25N5O3. The normalized spacial score (nSPS) is 14.0. The minimum absolute atomic E-state index is 0.275. The fourth-order valence-electron chi connectivity index (χ4n) is 3.59. The molecular weight excluding hydrogens is 358 g/mol. The second-order valence-corrected chi connectivity index (χ2v) is 7.10. The highest BCUT2D eigenvalue weighted by Crippen LogP contribution is 2.30. The molecule has 0 atom stereocenters. The average Bonchev–Trinajstić information content (AvgIpc) is 2.93. The minimum atomic E-state index is -0.765. The van der Waals surface area contributed by atoms with Gasteiger partial charge in [0, 0.05) is 31.4 Å². The molecule has 0 saturated carbocycles. The Bertz CT molecular complexity index is 942. The first-order chi connectivity index (χ1) is 13.3. The number of carbonyl (C=O) groups is 3. The first-order valence-electron chi connectivity index (χ1n) is 9.34. The third-order valence-electron chi connectivity index (χ3n) is 5.17. The van der Waals surface area contributed by atoms with Crippen molar-refractivity contribution in [2.45, 2.75) is 33.1 Å². The van der Waals surface area contributed by atoms with E-state index in [9.17, 15) is 14.4 Å². The summed E-state index contributed by atoms with van der Waals surface area (Å²) in [4.78, 5) is 39.2. The molecule has 1 fully saturated rings. The van der Waals surface area contributed by atoms with Gasteiger partial charge in [-0.3, -0.25) is 19.1 Å². The maximum absolute atomic E-state index is 12.7. The lowest BCUT2D eigenvalue weighted by Gasteiger charge is -2.30. The largest absolute Gasteiger partial charge is 0.370 e. The Morgan fingerprint density at radius 3 is 2.36 bits per heavy atom. The number of nitrogens with two attached hydrogens (primary N) is 1. The molecule has 148 valence electrons. The zero-order valence-corrected chi connectivity index (χ0v) is 16.4. The van der Waals surface area contributed by atoms with E-state index in [-0.39, 0.29) is 5.56 Å². The zero-order chi connectivity index (χ0) is 20.4. The van der Waals surface area contributed by atoms with Crippen molar-refractivity contribution in [3.05, 3.63) is 40.7 Å². The molecule has 1 aliphatic heterocycles. The molecule has 1 aromatic carbocycles. The number of ketones is 1. The van der Waals surface area contributed by atoms with Crippen LogP contribution in [0.25, 0.3) is 0 Å². The van der Waals surface area contributed by atoms with E-state index in [2.05, 4.69) is 15.3 Å². The summed E-state index contributed by atoms with van der Waals surface area (Å²) < 4.78 is 1.57. The number of rotatable bonds is 5. The summed E-state index contributed by atoms with van der Waals surface area (Å²) in [6.45, 7) is 5.15. The number of nitrogens with one attached hydrogen (secondary N) is 1. The number of aromatic nitrogens is 2. The van der Waals surface area contributed by atoms with Gasteiger partial charge in [0.05, 0.1) is 22.6 Å². The van der Waals surface area contributed by atoms with Gasteiger partial charge in [-0.1, -0.05) is 0 Å². The Hall–Kier alpha value is -3.16. The number of primary amides is 1. The molecule has 2 amide bonds. The first-order valence-corrected chi connectivity index (χ1v) is 9.34. The van der Waals surface area contributed by atoms with Gasteiger partial charge in [0.15, 0.2) is 0 Å². The van der Waals surface area contributed by atoms with Gasteiger partial charge < -0.3 is 16.0 Å². The number of aryl methyl sites for hydroxylation is 2. The van der Waals surface area contributed by atoms with E-state index in [1.165, 1.54) is 6.07 Å². The monoisotopic (exact) mass is 383 g/mol. The number of amides is 2. The topological polar surface area (TPSA) is 110 Å². The van der Waals surface area contributed by atoms with Gasteiger partial charge in [-0.2, -0.15) is 5.10 Å². The molecule has 8 heteroatoms. The molecule has 1 aromatic heterocycles. The van der Waals surface area contributed by atoms with Gasteiger partial charge in [0.2, 0.25) is 5.91 Å². The molecule has 1 aliphatic rings. The average molecular weight is 383 g/mol. The van der Waals surface area contributed by atoms with Gasteiger partial charge in [0.25, 0.3) is 11.7 Å². The summed E-state index contributed by atoms with van der Waals surface area (Å²) in [5.41, 5.74) is 8.29. The van der Waals surface area contributed by atoms with E-state index < -0.39 is 17.6 Å². The third kappa shape index (κ3) is 3.76. The Morgan fingerprint density at radius 1 is 1.11 bits per heavy atom. The van der Waals surface area contributed by atoms with E-state index in [0.29, 0.717) is 22.6 Å². The SMILES string of the molecule is Cc1nn(C)c(C)c1C(=O)C(=O)Nc1cc(C(N)=O)ccc1N1CCCCC1. The van der Waals surface area contributed by atoms with Crippen LogP contribution in [0.2, 0.25) is 0 Å². The Morgan fingerprint density at radius 2 is 1.79 bits per heavy atom. The second kappa shape index (κ2) is 7.84. The van der Waals surface area contributed by atoms with Crippen LogP contribution in [0.3, 0.4) is 0 Å². The van der Waals surface area contributed by atoms with Crippen LogP contribution >= 0.6 is 0 Å². The zero-order valence-electron chi connectivity index (χ0n) is 16.4.